The van der Waals surface area contributed by atoms with Gasteiger partial charge in [-0.25, -0.2) is 8.78 Å². The first-order valence-corrected chi connectivity index (χ1v) is 7.91. The fraction of sp³-hybridized carbons (Fsp3) is 0.600. The minimum absolute atomic E-state index is 0.00972. The molecular formula is C15H21BrF2N2O. The van der Waals surface area contributed by atoms with Gasteiger partial charge in [-0.15, -0.1) is 0 Å². The largest absolute Gasteiger partial charge is 0.497 e. The summed E-state index contributed by atoms with van der Waals surface area (Å²) in [5.74, 6) is 4.10. The van der Waals surface area contributed by atoms with Crippen LogP contribution >= 0.6 is 15.9 Å². The lowest BCUT2D eigenvalue weighted by molar-refractivity contribution is -0.0495. The summed E-state index contributed by atoms with van der Waals surface area (Å²) in [5, 5.41) is 0. The van der Waals surface area contributed by atoms with Crippen molar-refractivity contribution in [3.8, 4) is 5.75 Å². The van der Waals surface area contributed by atoms with Gasteiger partial charge in [0, 0.05) is 23.4 Å². The van der Waals surface area contributed by atoms with E-state index in [1.807, 2.05) is 18.2 Å². The first-order valence-electron chi connectivity index (χ1n) is 7.11. The molecule has 0 aliphatic heterocycles. The number of hydrazine groups is 1. The molecule has 0 spiro atoms. The van der Waals surface area contributed by atoms with Gasteiger partial charge in [0.1, 0.15) is 5.75 Å². The van der Waals surface area contributed by atoms with Crippen molar-refractivity contribution >= 4 is 15.9 Å². The predicted molar refractivity (Wildman–Crippen MR) is 82.4 cm³/mol. The molecule has 3 N–H and O–H groups in total. The molecule has 1 aliphatic rings. The molecular weight excluding hydrogens is 342 g/mol. The fourth-order valence-electron chi connectivity index (χ4n) is 2.90. The summed E-state index contributed by atoms with van der Waals surface area (Å²) < 4.78 is 32.7. The van der Waals surface area contributed by atoms with E-state index in [-0.39, 0.29) is 24.8 Å². The highest BCUT2D eigenvalue weighted by atomic mass is 79.9. The van der Waals surface area contributed by atoms with Gasteiger partial charge in [0.2, 0.25) is 5.92 Å². The van der Waals surface area contributed by atoms with Gasteiger partial charge in [-0.2, -0.15) is 0 Å². The van der Waals surface area contributed by atoms with Crippen molar-refractivity contribution in [2.75, 3.05) is 7.11 Å². The quantitative estimate of drug-likeness (QED) is 0.620. The molecule has 0 aromatic heterocycles. The molecule has 1 aromatic carbocycles. The molecule has 2 rings (SSSR count). The number of rotatable bonds is 5. The number of ether oxygens (including phenoxy) is 1. The van der Waals surface area contributed by atoms with Gasteiger partial charge in [-0.1, -0.05) is 15.9 Å². The Bertz CT molecular complexity index is 475. The Morgan fingerprint density at radius 1 is 1.43 bits per heavy atom. The third-order valence-electron chi connectivity index (χ3n) is 4.24. The second kappa shape index (κ2) is 7.03. The molecule has 1 saturated carbocycles. The lowest BCUT2D eigenvalue weighted by Gasteiger charge is -2.33. The average molecular weight is 363 g/mol. The van der Waals surface area contributed by atoms with Crippen LogP contribution in [0.25, 0.3) is 0 Å². The average Bonchev–Trinajstić information content (AvgIpc) is 2.47. The Kier molecular flexibility index (Phi) is 5.57. The molecule has 0 bridgehead atoms. The zero-order valence-electron chi connectivity index (χ0n) is 12.0. The Morgan fingerprint density at radius 3 is 2.67 bits per heavy atom. The van der Waals surface area contributed by atoms with Crippen molar-refractivity contribution in [3.05, 3.63) is 28.2 Å². The Hall–Kier alpha value is -0.720. The fourth-order valence-corrected chi connectivity index (χ4v) is 3.31. The van der Waals surface area contributed by atoms with Crippen molar-refractivity contribution in [1.29, 1.82) is 0 Å². The summed E-state index contributed by atoms with van der Waals surface area (Å²) in [5.41, 5.74) is 3.87. The number of nitrogens with one attached hydrogen (secondary N) is 1. The smallest absolute Gasteiger partial charge is 0.248 e. The van der Waals surface area contributed by atoms with Crippen LogP contribution in [-0.4, -0.2) is 19.1 Å². The highest BCUT2D eigenvalue weighted by Crippen LogP contribution is 2.38. The van der Waals surface area contributed by atoms with Gasteiger partial charge in [-0.3, -0.25) is 11.3 Å². The van der Waals surface area contributed by atoms with E-state index in [0.717, 1.165) is 15.8 Å². The lowest BCUT2D eigenvalue weighted by atomic mass is 9.80. The summed E-state index contributed by atoms with van der Waals surface area (Å²) in [6, 6.07) is 5.74. The number of alkyl halides is 2. The molecule has 1 aromatic rings. The second-order valence-electron chi connectivity index (χ2n) is 5.63. The molecule has 0 saturated heterocycles. The van der Waals surface area contributed by atoms with E-state index in [4.69, 9.17) is 10.6 Å². The monoisotopic (exact) mass is 362 g/mol. The van der Waals surface area contributed by atoms with Gasteiger partial charge in [-0.05, 0) is 48.9 Å². The highest BCUT2D eigenvalue weighted by Gasteiger charge is 2.37. The van der Waals surface area contributed by atoms with Crippen LogP contribution < -0.4 is 16.0 Å². The molecule has 1 unspecified atom stereocenters. The lowest BCUT2D eigenvalue weighted by Crippen LogP contribution is -2.44. The zero-order chi connectivity index (χ0) is 15.5. The van der Waals surface area contributed by atoms with E-state index < -0.39 is 5.92 Å². The van der Waals surface area contributed by atoms with Crippen LogP contribution in [0.15, 0.2) is 22.7 Å². The Morgan fingerprint density at radius 2 is 2.10 bits per heavy atom. The van der Waals surface area contributed by atoms with E-state index in [2.05, 4.69) is 21.4 Å². The summed E-state index contributed by atoms with van der Waals surface area (Å²) in [6.45, 7) is 0. The predicted octanol–water partition coefficient (Wildman–Crippen LogP) is 3.66. The number of halogens is 3. The van der Waals surface area contributed by atoms with Gasteiger partial charge >= 0.3 is 0 Å². The van der Waals surface area contributed by atoms with E-state index in [1.165, 1.54) is 0 Å². The molecule has 1 aliphatic carbocycles. The number of methoxy groups -OCH3 is 1. The summed E-state index contributed by atoms with van der Waals surface area (Å²) in [6.07, 6.45) is 1.60. The van der Waals surface area contributed by atoms with Gasteiger partial charge in [0.05, 0.1) is 7.11 Å². The minimum atomic E-state index is -2.51. The molecule has 1 fully saturated rings. The van der Waals surface area contributed by atoms with Gasteiger partial charge < -0.3 is 4.74 Å². The summed E-state index contributed by atoms with van der Waals surface area (Å²) >= 11 is 3.52. The van der Waals surface area contributed by atoms with Crippen molar-refractivity contribution < 1.29 is 13.5 Å². The van der Waals surface area contributed by atoms with Gasteiger partial charge in [0.15, 0.2) is 0 Å². The van der Waals surface area contributed by atoms with Crippen LogP contribution in [-0.2, 0) is 6.42 Å². The van der Waals surface area contributed by atoms with Crippen molar-refractivity contribution in [3.63, 3.8) is 0 Å². The van der Waals surface area contributed by atoms with Gasteiger partial charge in [0.25, 0.3) is 0 Å². The van der Waals surface area contributed by atoms with Crippen molar-refractivity contribution in [2.24, 2.45) is 11.8 Å². The van der Waals surface area contributed by atoms with E-state index in [0.29, 0.717) is 19.3 Å². The molecule has 1 atom stereocenters. The van der Waals surface area contributed by atoms with Crippen LogP contribution in [0.5, 0.6) is 5.75 Å². The molecule has 6 heteroatoms. The third kappa shape index (κ3) is 4.37. The normalized spacial score (nSPS) is 20.2. The topological polar surface area (TPSA) is 47.3 Å². The van der Waals surface area contributed by atoms with Crippen molar-refractivity contribution in [1.82, 2.24) is 5.43 Å². The Balaban J connectivity index is 2.06. The maximum atomic E-state index is 13.3. The van der Waals surface area contributed by atoms with Crippen LogP contribution in [0, 0.1) is 5.92 Å². The van der Waals surface area contributed by atoms with Crippen LogP contribution in [0.4, 0.5) is 8.78 Å². The van der Waals surface area contributed by atoms with E-state index in [1.54, 1.807) is 7.11 Å². The number of benzene rings is 1. The summed E-state index contributed by atoms with van der Waals surface area (Å²) in [7, 11) is 1.62. The first-order chi connectivity index (χ1) is 9.95. The summed E-state index contributed by atoms with van der Waals surface area (Å²) in [4.78, 5) is 0. The second-order valence-corrected chi connectivity index (χ2v) is 6.48. The molecule has 0 radical (unpaired) electrons. The first kappa shape index (κ1) is 16.6. The van der Waals surface area contributed by atoms with Crippen LogP contribution in [0.3, 0.4) is 0 Å². The number of nitrogens with two attached hydrogens (primary N) is 1. The molecule has 118 valence electrons. The third-order valence-corrected chi connectivity index (χ3v) is 5.01. The number of hydrogen-bond acceptors (Lipinski definition) is 3. The molecule has 0 amide bonds. The maximum Gasteiger partial charge on any atom is 0.248 e. The molecule has 0 heterocycles. The van der Waals surface area contributed by atoms with E-state index >= 15 is 0 Å². The molecule has 3 nitrogen and oxygen atoms in total. The Labute approximate surface area is 132 Å². The zero-order valence-corrected chi connectivity index (χ0v) is 13.6. The van der Waals surface area contributed by atoms with E-state index in [9.17, 15) is 8.78 Å². The highest BCUT2D eigenvalue weighted by molar-refractivity contribution is 9.10. The van der Waals surface area contributed by atoms with Crippen LogP contribution in [0.2, 0.25) is 0 Å². The van der Waals surface area contributed by atoms with Crippen LogP contribution in [0.1, 0.15) is 31.2 Å². The minimum Gasteiger partial charge on any atom is -0.497 e. The standard InChI is InChI=1S/C15H21BrF2N2O/c1-21-12-2-3-13(16)11(8-12)9-14(20-19)10-4-6-15(17,18)7-5-10/h2-3,8,10,14,20H,4-7,9,19H2,1H3. The van der Waals surface area contributed by atoms with Crippen molar-refractivity contribution in [2.45, 2.75) is 44.1 Å². The molecule has 21 heavy (non-hydrogen) atoms. The SMILES string of the molecule is COc1ccc(Br)c(CC(NN)C2CCC(F)(F)CC2)c1. The maximum absolute atomic E-state index is 13.3. The number of hydrogen-bond donors (Lipinski definition) is 2.